The van der Waals surface area contributed by atoms with E-state index < -0.39 is 23.3 Å². The summed E-state index contributed by atoms with van der Waals surface area (Å²) in [6, 6.07) is 5.35. The van der Waals surface area contributed by atoms with Crippen LogP contribution in [0.25, 0.3) is 0 Å². The molecule has 2 fully saturated rings. The van der Waals surface area contributed by atoms with Gasteiger partial charge in [0.15, 0.2) is 0 Å². The molecule has 4 amide bonds. The van der Waals surface area contributed by atoms with E-state index in [0.717, 1.165) is 4.90 Å². The predicted molar refractivity (Wildman–Crippen MR) is 68.9 cm³/mol. The van der Waals surface area contributed by atoms with Crippen LogP contribution in [0.2, 0.25) is 5.02 Å². The summed E-state index contributed by atoms with van der Waals surface area (Å²) in [6.07, 6.45) is 0.827. The molecule has 20 heavy (non-hydrogen) atoms. The van der Waals surface area contributed by atoms with Crippen LogP contribution in [0, 0.1) is 16.7 Å². The molecule has 7 heteroatoms. The normalized spacial score (nSPS) is 19.8. The number of carbonyl (C=O) groups is 3. The van der Waals surface area contributed by atoms with Gasteiger partial charge in [-0.3, -0.25) is 14.9 Å². The fraction of sp³-hybridized carbons (Fsp3) is 0.231. The number of barbiturate groups is 1. The Morgan fingerprint density at radius 1 is 1.30 bits per heavy atom. The van der Waals surface area contributed by atoms with Crippen LogP contribution >= 0.6 is 11.6 Å². The maximum Gasteiger partial charge on any atom is 0.335 e. The maximum absolute atomic E-state index is 12.4. The molecule has 1 aliphatic carbocycles. The highest BCUT2D eigenvalue weighted by Crippen LogP contribution is 2.50. The molecule has 0 atom stereocenters. The van der Waals surface area contributed by atoms with Crippen LogP contribution < -0.4 is 10.2 Å². The van der Waals surface area contributed by atoms with Crippen molar-refractivity contribution in [3.63, 3.8) is 0 Å². The van der Waals surface area contributed by atoms with E-state index in [9.17, 15) is 14.4 Å². The van der Waals surface area contributed by atoms with Crippen molar-refractivity contribution in [2.24, 2.45) is 5.41 Å². The van der Waals surface area contributed by atoms with Gasteiger partial charge >= 0.3 is 6.03 Å². The maximum atomic E-state index is 12.4. The van der Waals surface area contributed by atoms with Gasteiger partial charge in [-0.2, -0.15) is 5.26 Å². The molecule has 1 N–H and O–H groups in total. The summed E-state index contributed by atoms with van der Waals surface area (Å²) in [6.45, 7) is 0. The van der Waals surface area contributed by atoms with Gasteiger partial charge in [0.25, 0.3) is 5.91 Å². The van der Waals surface area contributed by atoms with Gasteiger partial charge in [-0.1, -0.05) is 11.6 Å². The van der Waals surface area contributed by atoms with Crippen molar-refractivity contribution in [2.75, 3.05) is 4.90 Å². The average Bonchev–Trinajstić information content (AvgIpc) is 3.21. The molecule has 6 nitrogen and oxygen atoms in total. The largest absolute Gasteiger partial charge is 0.335 e. The molecule has 2 aliphatic rings. The third kappa shape index (κ3) is 1.60. The highest BCUT2D eigenvalue weighted by Gasteiger charge is 2.62. The second kappa shape index (κ2) is 4.05. The lowest BCUT2D eigenvalue weighted by Crippen LogP contribution is -2.59. The van der Waals surface area contributed by atoms with Crippen LogP contribution in [0.4, 0.5) is 10.5 Å². The van der Waals surface area contributed by atoms with Crippen molar-refractivity contribution in [1.29, 1.82) is 5.26 Å². The van der Waals surface area contributed by atoms with E-state index in [1.165, 1.54) is 18.2 Å². The van der Waals surface area contributed by atoms with Crippen LogP contribution in [0.1, 0.15) is 18.4 Å². The number of hydrogen-bond donors (Lipinski definition) is 1. The molecule has 1 aromatic carbocycles. The minimum absolute atomic E-state index is 0.118. The molecule has 1 saturated heterocycles. The first-order valence-electron chi connectivity index (χ1n) is 5.89. The van der Waals surface area contributed by atoms with Gasteiger partial charge < -0.3 is 0 Å². The number of halogens is 1. The molecule has 0 radical (unpaired) electrons. The van der Waals surface area contributed by atoms with E-state index in [2.05, 4.69) is 5.32 Å². The molecule has 1 saturated carbocycles. The summed E-state index contributed by atoms with van der Waals surface area (Å²) < 4.78 is 0. The second-order valence-corrected chi connectivity index (χ2v) is 5.17. The first-order chi connectivity index (χ1) is 9.49. The van der Waals surface area contributed by atoms with E-state index in [1.807, 2.05) is 6.07 Å². The number of nitrogens with zero attached hydrogens (tertiary/aromatic N) is 2. The van der Waals surface area contributed by atoms with Gasteiger partial charge in [0, 0.05) is 0 Å². The number of amides is 4. The Balaban J connectivity index is 2.09. The number of nitriles is 1. The fourth-order valence-electron chi connectivity index (χ4n) is 2.21. The predicted octanol–water partition coefficient (Wildman–Crippen LogP) is 1.57. The monoisotopic (exact) mass is 289 g/mol. The van der Waals surface area contributed by atoms with Crippen molar-refractivity contribution in [2.45, 2.75) is 12.8 Å². The third-order valence-electron chi connectivity index (χ3n) is 3.54. The van der Waals surface area contributed by atoms with Gasteiger partial charge in [0.2, 0.25) is 5.91 Å². The Hall–Kier alpha value is -2.39. The lowest BCUT2D eigenvalue weighted by atomic mass is 10.0. The van der Waals surface area contributed by atoms with Crippen molar-refractivity contribution in [1.82, 2.24) is 5.32 Å². The molecule has 3 rings (SSSR count). The zero-order valence-corrected chi connectivity index (χ0v) is 10.9. The standard InChI is InChI=1S/C13H8ClN3O3/c14-8-2-1-7(6-15)5-9(8)17-11(19)13(3-4-13)10(18)16-12(17)20/h1-2,5H,3-4H2,(H,16,18,20). The van der Waals surface area contributed by atoms with Gasteiger partial charge in [0.1, 0.15) is 5.41 Å². The van der Waals surface area contributed by atoms with Crippen molar-refractivity contribution >= 4 is 35.1 Å². The minimum Gasteiger partial charge on any atom is -0.276 e. The summed E-state index contributed by atoms with van der Waals surface area (Å²) in [7, 11) is 0. The summed E-state index contributed by atoms with van der Waals surface area (Å²) >= 11 is 6.00. The van der Waals surface area contributed by atoms with E-state index in [1.54, 1.807) is 0 Å². The first-order valence-corrected chi connectivity index (χ1v) is 6.27. The topological polar surface area (TPSA) is 90.3 Å². The average molecular weight is 290 g/mol. The summed E-state index contributed by atoms with van der Waals surface area (Å²) in [5.74, 6) is -1.14. The first kappa shape index (κ1) is 12.6. The Bertz CT molecular complexity index is 703. The number of urea groups is 1. The number of anilines is 1. The number of imide groups is 2. The van der Waals surface area contributed by atoms with Crippen molar-refractivity contribution < 1.29 is 14.4 Å². The molecular weight excluding hydrogens is 282 g/mol. The number of carbonyl (C=O) groups excluding carboxylic acids is 3. The van der Waals surface area contributed by atoms with E-state index in [4.69, 9.17) is 16.9 Å². The summed E-state index contributed by atoms with van der Waals surface area (Å²) in [4.78, 5) is 36.9. The summed E-state index contributed by atoms with van der Waals surface area (Å²) in [5.41, 5.74) is -0.751. The number of nitrogens with one attached hydrogen (secondary N) is 1. The zero-order valence-electron chi connectivity index (χ0n) is 10.1. The molecule has 1 aromatic rings. The van der Waals surface area contributed by atoms with Crippen LogP contribution in [-0.2, 0) is 9.59 Å². The summed E-state index contributed by atoms with van der Waals surface area (Å²) in [5, 5.41) is 11.2. The molecule has 1 heterocycles. The number of benzene rings is 1. The molecule has 1 aliphatic heterocycles. The minimum atomic E-state index is -1.14. The van der Waals surface area contributed by atoms with E-state index in [-0.39, 0.29) is 16.3 Å². The Morgan fingerprint density at radius 2 is 2.00 bits per heavy atom. The highest BCUT2D eigenvalue weighted by molar-refractivity contribution is 6.37. The molecular formula is C13H8ClN3O3. The Kier molecular flexibility index (Phi) is 2.56. The number of hydrogen-bond acceptors (Lipinski definition) is 4. The van der Waals surface area contributed by atoms with Crippen LogP contribution in [0.5, 0.6) is 0 Å². The Morgan fingerprint density at radius 3 is 2.60 bits per heavy atom. The SMILES string of the molecule is N#Cc1ccc(Cl)c(N2C(=O)NC(=O)C3(CC3)C2=O)c1. The van der Waals surface area contributed by atoms with E-state index >= 15 is 0 Å². The van der Waals surface area contributed by atoms with E-state index in [0.29, 0.717) is 12.8 Å². The lowest BCUT2D eigenvalue weighted by Gasteiger charge is -2.30. The molecule has 0 unspecified atom stereocenters. The molecule has 0 bridgehead atoms. The van der Waals surface area contributed by atoms with Crippen LogP contribution in [0.3, 0.4) is 0 Å². The zero-order chi connectivity index (χ0) is 14.5. The highest BCUT2D eigenvalue weighted by atomic mass is 35.5. The van der Waals surface area contributed by atoms with Crippen LogP contribution in [-0.4, -0.2) is 17.8 Å². The van der Waals surface area contributed by atoms with Gasteiger partial charge in [-0.05, 0) is 31.0 Å². The smallest absolute Gasteiger partial charge is 0.276 e. The number of rotatable bonds is 1. The molecule has 100 valence electrons. The molecule has 0 aromatic heterocycles. The quantitative estimate of drug-likeness (QED) is 0.795. The lowest BCUT2D eigenvalue weighted by molar-refractivity contribution is -0.136. The van der Waals surface area contributed by atoms with Crippen molar-refractivity contribution in [3.8, 4) is 6.07 Å². The molecule has 1 spiro atoms. The van der Waals surface area contributed by atoms with Gasteiger partial charge in [-0.15, -0.1) is 0 Å². The van der Waals surface area contributed by atoms with Crippen LogP contribution in [0.15, 0.2) is 18.2 Å². The van der Waals surface area contributed by atoms with Crippen molar-refractivity contribution in [3.05, 3.63) is 28.8 Å². The third-order valence-corrected chi connectivity index (χ3v) is 3.86. The fourth-order valence-corrected chi connectivity index (χ4v) is 2.42. The van der Waals surface area contributed by atoms with Gasteiger partial charge in [0.05, 0.1) is 22.3 Å². The second-order valence-electron chi connectivity index (χ2n) is 4.76. The van der Waals surface area contributed by atoms with Gasteiger partial charge in [-0.25, -0.2) is 9.69 Å². The Labute approximate surface area is 118 Å².